The summed E-state index contributed by atoms with van der Waals surface area (Å²) in [5.74, 6) is -0.703. The molecule has 1 aromatic heterocycles. The fourth-order valence-corrected chi connectivity index (χ4v) is 3.01. The van der Waals surface area contributed by atoms with Gasteiger partial charge < -0.3 is 20.9 Å². The van der Waals surface area contributed by atoms with E-state index in [2.05, 4.69) is 10.3 Å². The normalized spacial score (nSPS) is 12.9. The zero-order chi connectivity index (χ0) is 21.0. The zero-order valence-electron chi connectivity index (χ0n) is 15.6. The molecule has 0 radical (unpaired) electrons. The highest BCUT2D eigenvalue weighted by atomic mass is 35.5. The summed E-state index contributed by atoms with van der Waals surface area (Å²) >= 11 is 6.19. The summed E-state index contributed by atoms with van der Waals surface area (Å²) in [5, 5.41) is 13.4. The maximum absolute atomic E-state index is 12.3. The summed E-state index contributed by atoms with van der Waals surface area (Å²) in [5.41, 5.74) is 7.03. The largest absolute Gasteiger partial charge is 0.487 e. The van der Waals surface area contributed by atoms with Crippen LogP contribution in [0.3, 0.4) is 0 Å². The molecule has 2 amide bonds. The first-order chi connectivity index (χ1) is 13.9. The van der Waals surface area contributed by atoms with Crippen LogP contribution in [0.4, 0.5) is 0 Å². The van der Waals surface area contributed by atoms with Crippen molar-refractivity contribution >= 4 is 34.3 Å². The number of aliphatic hydroxyl groups is 1. The molecule has 7 nitrogen and oxygen atoms in total. The van der Waals surface area contributed by atoms with Crippen LogP contribution in [0.1, 0.15) is 22.8 Å². The number of primary amides is 1. The molecule has 29 heavy (non-hydrogen) atoms. The zero-order valence-corrected chi connectivity index (χ0v) is 16.4. The Bertz CT molecular complexity index is 1040. The molecule has 0 spiro atoms. The molecular weight excluding hydrogens is 394 g/mol. The van der Waals surface area contributed by atoms with Crippen molar-refractivity contribution in [1.29, 1.82) is 0 Å². The lowest BCUT2D eigenvalue weighted by molar-refractivity contribution is -0.122. The Hall–Kier alpha value is -3.16. The quantitative estimate of drug-likeness (QED) is 0.550. The van der Waals surface area contributed by atoms with Crippen LogP contribution >= 0.6 is 11.6 Å². The van der Waals surface area contributed by atoms with Crippen molar-refractivity contribution in [3.05, 3.63) is 70.9 Å². The summed E-state index contributed by atoms with van der Waals surface area (Å²) in [6.07, 6.45) is 0.581. The van der Waals surface area contributed by atoms with E-state index in [4.69, 9.17) is 22.1 Å². The molecule has 0 bridgehead atoms. The number of pyridine rings is 1. The molecule has 4 N–H and O–H groups in total. The van der Waals surface area contributed by atoms with Gasteiger partial charge in [0.15, 0.2) is 0 Å². The molecule has 8 heteroatoms. The van der Waals surface area contributed by atoms with E-state index in [0.717, 1.165) is 10.9 Å². The minimum absolute atomic E-state index is 0.271. The molecule has 0 saturated heterocycles. The highest BCUT2D eigenvalue weighted by Crippen LogP contribution is 2.30. The van der Waals surface area contributed by atoms with Gasteiger partial charge >= 0.3 is 0 Å². The predicted octanol–water partition coefficient (Wildman–Crippen LogP) is 2.43. The fraction of sp³-hybridized carbons (Fsp3) is 0.190. The molecule has 1 heterocycles. The second kappa shape index (κ2) is 8.89. The number of aromatic nitrogens is 1. The first-order valence-corrected chi connectivity index (χ1v) is 9.28. The Morgan fingerprint density at radius 1 is 1.21 bits per heavy atom. The van der Waals surface area contributed by atoms with Crippen molar-refractivity contribution in [3.63, 3.8) is 0 Å². The number of fused-ring (bicyclic) bond motifs is 1. The topological polar surface area (TPSA) is 115 Å². The van der Waals surface area contributed by atoms with E-state index < -0.39 is 24.0 Å². The van der Waals surface area contributed by atoms with E-state index in [0.29, 0.717) is 21.9 Å². The maximum Gasteiger partial charge on any atom is 0.252 e. The number of rotatable bonds is 7. The highest BCUT2D eigenvalue weighted by Gasteiger charge is 2.23. The number of nitrogens with two attached hydrogens (primary N) is 1. The molecule has 150 valence electrons. The van der Waals surface area contributed by atoms with Crippen molar-refractivity contribution in [2.24, 2.45) is 5.73 Å². The Kier molecular flexibility index (Phi) is 6.31. The van der Waals surface area contributed by atoms with E-state index in [1.54, 1.807) is 42.6 Å². The monoisotopic (exact) mass is 413 g/mol. The lowest BCUT2D eigenvalue weighted by Crippen LogP contribution is -2.50. The number of hydrogen-bond acceptors (Lipinski definition) is 5. The SMILES string of the molecule is CC(O)C(NC(=O)c1ccc(COc2ccc(Cl)c3cccnc23)cc1)C(N)=O. The van der Waals surface area contributed by atoms with Crippen LogP contribution in [0.2, 0.25) is 5.02 Å². The molecule has 3 aromatic rings. The average Bonchev–Trinajstić information content (AvgIpc) is 2.71. The summed E-state index contributed by atoms with van der Waals surface area (Å²) in [7, 11) is 0. The Balaban J connectivity index is 1.68. The Morgan fingerprint density at radius 3 is 2.59 bits per heavy atom. The van der Waals surface area contributed by atoms with Gasteiger partial charge in [-0.2, -0.15) is 0 Å². The molecular formula is C21H20ClN3O4. The van der Waals surface area contributed by atoms with Gasteiger partial charge in [-0.3, -0.25) is 14.6 Å². The van der Waals surface area contributed by atoms with Gasteiger partial charge in [-0.15, -0.1) is 0 Å². The minimum Gasteiger partial charge on any atom is -0.487 e. The van der Waals surface area contributed by atoms with E-state index in [1.165, 1.54) is 6.92 Å². The van der Waals surface area contributed by atoms with Gasteiger partial charge in [0, 0.05) is 17.1 Å². The van der Waals surface area contributed by atoms with Crippen molar-refractivity contribution < 1.29 is 19.4 Å². The first-order valence-electron chi connectivity index (χ1n) is 8.90. The number of hydrogen-bond donors (Lipinski definition) is 3. The molecule has 3 rings (SSSR count). The van der Waals surface area contributed by atoms with Crippen LogP contribution in [-0.4, -0.2) is 34.1 Å². The molecule has 0 aliphatic carbocycles. The molecule has 0 fully saturated rings. The van der Waals surface area contributed by atoms with Gasteiger partial charge in [0.25, 0.3) is 5.91 Å². The fourth-order valence-electron chi connectivity index (χ4n) is 2.80. The lowest BCUT2D eigenvalue weighted by atomic mass is 10.1. The van der Waals surface area contributed by atoms with E-state index in [-0.39, 0.29) is 6.61 Å². The van der Waals surface area contributed by atoms with Gasteiger partial charge in [0.05, 0.1) is 11.1 Å². The summed E-state index contributed by atoms with van der Waals surface area (Å²) in [4.78, 5) is 27.9. The van der Waals surface area contributed by atoms with E-state index in [1.807, 2.05) is 12.1 Å². The molecule has 0 saturated carbocycles. The van der Waals surface area contributed by atoms with E-state index >= 15 is 0 Å². The summed E-state index contributed by atoms with van der Waals surface area (Å²) in [6.45, 7) is 1.65. The van der Waals surface area contributed by atoms with Crippen molar-refractivity contribution in [2.45, 2.75) is 25.7 Å². The number of halogens is 1. The second-order valence-electron chi connectivity index (χ2n) is 6.52. The number of benzene rings is 2. The molecule has 2 aromatic carbocycles. The Morgan fingerprint density at radius 2 is 1.93 bits per heavy atom. The van der Waals surface area contributed by atoms with Gasteiger partial charge in [0.2, 0.25) is 5.91 Å². The second-order valence-corrected chi connectivity index (χ2v) is 6.93. The summed E-state index contributed by atoms with van der Waals surface area (Å²) in [6, 6.07) is 12.7. The standard InChI is InChI=1S/C21H20ClN3O4/c1-12(26)18(20(23)27)25-21(28)14-6-4-13(5-7-14)11-29-17-9-8-16(22)15-3-2-10-24-19(15)17/h2-10,12,18,26H,11H2,1H3,(H2,23,27)(H,25,28). The van der Waals surface area contributed by atoms with Crippen molar-refractivity contribution in [1.82, 2.24) is 10.3 Å². The maximum atomic E-state index is 12.3. The first kappa shape index (κ1) is 20.6. The molecule has 2 unspecified atom stereocenters. The van der Waals surface area contributed by atoms with Gasteiger partial charge in [-0.05, 0) is 48.9 Å². The summed E-state index contributed by atoms with van der Waals surface area (Å²) < 4.78 is 5.87. The van der Waals surface area contributed by atoms with Crippen LogP contribution in [0.25, 0.3) is 10.9 Å². The number of amides is 2. The van der Waals surface area contributed by atoms with Crippen LogP contribution in [0.5, 0.6) is 5.75 Å². The third-order valence-electron chi connectivity index (χ3n) is 4.37. The van der Waals surface area contributed by atoms with Gasteiger partial charge in [-0.25, -0.2) is 0 Å². The Labute approximate surface area is 172 Å². The van der Waals surface area contributed by atoms with Crippen LogP contribution in [0, 0.1) is 0 Å². The number of carbonyl (C=O) groups excluding carboxylic acids is 2. The van der Waals surface area contributed by atoms with Crippen LogP contribution < -0.4 is 15.8 Å². The number of nitrogens with zero attached hydrogens (tertiary/aromatic N) is 1. The van der Waals surface area contributed by atoms with E-state index in [9.17, 15) is 14.7 Å². The van der Waals surface area contributed by atoms with Crippen LogP contribution in [-0.2, 0) is 11.4 Å². The third kappa shape index (κ3) is 4.82. The lowest BCUT2D eigenvalue weighted by Gasteiger charge is -2.18. The third-order valence-corrected chi connectivity index (χ3v) is 4.70. The van der Waals surface area contributed by atoms with Crippen LogP contribution in [0.15, 0.2) is 54.7 Å². The highest BCUT2D eigenvalue weighted by molar-refractivity contribution is 6.35. The van der Waals surface area contributed by atoms with Crippen molar-refractivity contribution in [3.8, 4) is 5.75 Å². The average molecular weight is 414 g/mol. The predicted molar refractivity (Wildman–Crippen MR) is 110 cm³/mol. The smallest absolute Gasteiger partial charge is 0.252 e. The van der Waals surface area contributed by atoms with Gasteiger partial charge in [-0.1, -0.05) is 23.7 Å². The molecule has 0 aliphatic rings. The molecule has 0 aliphatic heterocycles. The minimum atomic E-state index is -1.16. The van der Waals surface area contributed by atoms with Crippen molar-refractivity contribution in [2.75, 3.05) is 0 Å². The van der Waals surface area contributed by atoms with Gasteiger partial charge in [0.1, 0.15) is 23.9 Å². The number of carbonyl (C=O) groups is 2. The number of aliphatic hydroxyl groups excluding tert-OH is 1. The molecule has 2 atom stereocenters. The number of ether oxygens (including phenoxy) is 1. The number of nitrogens with one attached hydrogen (secondary N) is 1.